The molecule has 0 bridgehead atoms. The quantitative estimate of drug-likeness (QED) is 0.875. The van der Waals surface area contributed by atoms with E-state index in [4.69, 9.17) is 16.3 Å². The van der Waals surface area contributed by atoms with Crippen LogP contribution in [0.5, 0.6) is 5.75 Å². The number of para-hydroxylation sites is 1. The molecular weight excluding hydrogens is 316 g/mol. The second-order valence-electron chi connectivity index (χ2n) is 5.21. The Balaban J connectivity index is 2.08. The number of amides is 2. The lowest BCUT2D eigenvalue weighted by atomic mass is 10.1. The van der Waals surface area contributed by atoms with Gasteiger partial charge in [0.05, 0.1) is 29.1 Å². The number of anilines is 1. The summed E-state index contributed by atoms with van der Waals surface area (Å²) in [6.07, 6.45) is 1.89. The highest BCUT2D eigenvalue weighted by molar-refractivity contribution is 6.32. The highest BCUT2D eigenvalue weighted by atomic mass is 35.5. The summed E-state index contributed by atoms with van der Waals surface area (Å²) < 4.78 is 7.22. The third-order valence-corrected chi connectivity index (χ3v) is 3.67. The number of halogens is 1. The van der Waals surface area contributed by atoms with Gasteiger partial charge < -0.3 is 15.4 Å². The maximum Gasteiger partial charge on any atom is 0.319 e. The van der Waals surface area contributed by atoms with E-state index in [1.165, 1.54) is 0 Å². The zero-order valence-electron chi connectivity index (χ0n) is 13.7. The summed E-state index contributed by atoms with van der Waals surface area (Å²) in [5, 5.41) is 10.4. The summed E-state index contributed by atoms with van der Waals surface area (Å²) in [5.74, 6) is 0.469. The van der Waals surface area contributed by atoms with E-state index >= 15 is 0 Å². The minimum absolute atomic E-state index is 0.168. The second kappa shape index (κ2) is 7.37. The van der Waals surface area contributed by atoms with Crippen LogP contribution >= 0.6 is 11.6 Å². The zero-order chi connectivity index (χ0) is 17.0. The number of carbonyl (C=O) groups excluding carboxylic acids is 1. The van der Waals surface area contributed by atoms with Crippen LogP contribution in [0.25, 0.3) is 0 Å². The number of ether oxygens (including phenoxy) is 1. The number of aryl methyl sites for hydroxylation is 2. The number of aromatic nitrogens is 2. The molecule has 0 fully saturated rings. The van der Waals surface area contributed by atoms with Crippen LogP contribution in [0.15, 0.2) is 24.4 Å². The molecule has 1 atom stereocenters. The SMILES string of the molecule is CCOc1c(Cl)cccc1NC(=O)N[C@@H](C)c1cn(C)nc1C. The first-order valence-corrected chi connectivity index (χ1v) is 7.79. The number of urea groups is 1. The van der Waals surface area contributed by atoms with Gasteiger partial charge in [0, 0.05) is 18.8 Å². The van der Waals surface area contributed by atoms with Crippen molar-refractivity contribution in [2.75, 3.05) is 11.9 Å². The molecule has 0 radical (unpaired) electrons. The lowest BCUT2D eigenvalue weighted by Gasteiger charge is -2.16. The maximum absolute atomic E-state index is 12.2. The summed E-state index contributed by atoms with van der Waals surface area (Å²) in [7, 11) is 1.85. The van der Waals surface area contributed by atoms with Gasteiger partial charge in [-0.1, -0.05) is 17.7 Å². The van der Waals surface area contributed by atoms with E-state index in [9.17, 15) is 4.79 Å². The van der Waals surface area contributed by atoms with Crippen LogP contribution < -0.4 is 15.4 Å². The Morgan fingerprint density at radius 3 is 2.83 bits per heavy atom. The average Bonchev–Trinajstić information content (AvgIpc) is 2.81. The van der Waals surface area contributed by atoms with Crippen LogP contribution in [0.4, 0.5) is 10.5 Å². The van der Waals surface area contributed by atoms with Crippen LogP contribution in [-0.4, -0.2) is 22.4 Å². The van der Waals surface area contributed by atoms with Crippen molar-refractivity contribution in [2.24, 2.45) is 7.05 Å². The first-order chi connectivity index (χ1) is 10.9. The summed E-state index contributed by atoms with van der Waals surface area (Å²) in [6.45, 7) is 6.15. The molecule has 2 N–H and O–H groups in total. The van der Waals surface area contributed by atoms with E-state index in [0.29, 0.717) is 23.1 Å². The smallest absolute Gasteiger partial charge is 0.319 e. The molecule has 0 saturated heterocycles. The van der Waals surface area contributed by atoms with Crippen LogP contribution in [0.2, 0.25) is 5.02 Å². The molecule has 1 aromatic heterocycles. The van der Waals surface area contributed by atoms with Crippen molar-refractivity contribution in [3.63, 3.8) is 0 Å². The molecule has 124 valence electrons. The highest BCUT2D eigenvalue weighted by Crippen LogP contribution is 2.32. The Morgan fingerprint density at radius 1 is 1.48 bits per heavy atom. The molecular formula is C16H21ClN4O2. The van der Waals surface area contributed by atoms with E-state index < -0.39 is 0 Å². The fourth-order valence-electron chi connectivity index (χ4n) is 2.37. The Bertz CT molecular complexity index is 699. The van der Waals surface area contributed by atoms with E-state index in [1.807, 2.05) is 34.0 Å². The molecule has 0 unspecified atom stereocenters. The van der Waals surface area contributed by atoms with E-state index in [-0.39, 0.29) is 12.1 Å². The van der Waals surface area contributed by atoms with Crippen LogP contribution in [0, 0.1) is 6.92 Å². The topological polar surface area (TPSA) is 68.2 Å². The molecule has 2 amide bonds. The van der Waals surface area contributed by atoms with E-state index in [0.717, 1.165) is 11.3 Å². The maximum atomic E-state index is 12.2. The predicted molar refractivity (Wildman–Crippen MR) is 91.1 cm³/mol. The Kier molecular flexibility index (Phi) is 5.50. The largest absolute Gasteiger partial charge is 0.490 e. The highest BCUT2D eigenvalue weighted by Gasteiger charge is 2.16. The number of hydrogen-bond donors (Lipinski definition) is 2. The van der Waals surface area contributed by atoms with Gasteiger partial charge >= 0.3 is 6.03 Å². The number of rotatable bonds is 5. The Morgan fingerprint density at radius 2 is 2.22 bits per heavy atom. The molecule has 0 aliphatic carbocycles. The molecule has 7 heteroatoms. The van der Waals surface area contributed by atoms with Crippen molar-refractivity contribution in [1.29, 1.82) is 0 Å². The fourth-order valence-corrected chi connectivity index (χ4v) is 2.60. The second-order valence-corrected chi connectivity index (χ2v) is 5.62. The van der Waals surface area contributed by atoms with Gasteiger partial charge in [-0.2, -0.15) is 5.10 Å². The molecule has 2 rings (SSSR count). The number of carbonyl (C=O) groups is 1. The normalized spacial score (nSPS) is 11.9. The monoisotopic (exact) mass is 336 g/mol. The minimum Gasteiger partial charge on any atom is -0.490 e. The van der Waals surface area contributed by atoms with Crippen molar-refractivity contribution in [3.05, 3.63) is 40.7 Å². The Hall–Kier alpha value is -2.21. The van der Waals surface area contributed by atoms with Gasteiger partial charge in [0.25, 0.3) is 0 Å². The molecule has 0 spiro atoms. The van der Waals surface area contributed by atoms with Gasteiger partial charge in [-0.3, -0.25) is 4.68 Å². The van der Waals surface area contributed by atoms with Crippen molar-refractivity contribution in [1.82, 2.24) is 15.1 Å². The molecule has 0 saturated carbocycles. The summed E-state index contributed by atoms with van der Waals surface area (Å²) in [5.41, 5.74) is 2.39. The van der Waals surface area contributed by atoms with E-state index in [1.54, 1.807) is 22.9 Å². The standard InChI is InChI=1S/C16H21ClN4O2/c1-5-23-15-13(17)7-6-8-14(15)19-16(22)18-10(2)12-9-21(4)20-11(12)3/h6-10H,5H2,1-4H3,(H2,18,19,22)/t10-/m0/s1. The summed E-state index contributed by atoms with van der Waals surface area (Å²) in [6, 6.07) is 4.73. The lowest BCUT2D eigenvalue weighted by Crippen LogP contribution is -2.31. The number of nitrogens with one attached hydrogen (secondary N) is 2. The number of nitrogens with zero attached hydrogens (tertiary/aromatic N) is 2. The first-order valence-electron chi connectivity index (χ1n) is 7.41. The van der Waals surface area contributed by atoms with Gasteiger partial charge in [-0.25, -0.2) is 4.79 Å². The van der Waals surface area contributed by atoms with Crippen LogP contribution in [0.1, 0.15) is 31.1 Å². The molecule has 23 heavy (non-hydrogen) atoms. The number of hydrogen-bond acceptors (Lipinski definition) is 3. The van der Waals surface area contributed by atoms with Gasteiger partial charge in [0.1, 0.15) is 0 Å². The van der Waals surface area contributed by atoms with E-state index in [2.05, 4.69) is 15.7 Å². The molecule has 6 nitrogen and oxygen atoms in total. The molecule has 2 aromatic rings. The van der Waals surface area contributed by atoms with Crippen molar-refractivity contribution < 1.29 is 9.53 Å². The minimum atomic E-state index is -0.330. The van der Waals surface area contributed by atoms with Gasteiger partial charge in [0.2, 0.25) is 0 Å². The average molecular weight is 337 g/mol. The van der Waals surface area contributed by atoms with Crippen LogP contribution in [0.3, 0.4) is 0 Å². The third-order valence-electron chi connectivity index (χ3n) is 3.37. The summed E-state index contributed by atoms with van der Waals surface area (Å²) in [4.78, 5) is 12.2. The van der Waals surface area contributed by atoms with Crippen molar-refractivity contribution >= 4 is 23.3 Å². The molecule has 1 aromatic carbocycles. The van der Waals surface area contributed by atoms with Crippen molar-refractivity contribution in [2.45, 2.75) is 26.8 Å². The Labute approximate surface area is 140 Å². The zero-order valence-corrected chi connectivity index (χ0v) is 14.4. The van der Waals surface area contributed by atoms with Crippen molar-refractivity contribution in [3.8, 4) is 5.75 Å². The molecule has 1 heterocycles. The lowest BCUT2D eigenvalue weighted by molar-refractivity contribution is 0.249. The van der Waals surface area contributed by atoms with Crippen LogP contribution in [-0.2, 0) is 7.05 Å². The molecule has 0 aliphatic heterocycles. The predicted octanol–water partition coefficient (Wildman–Crippen LogP) is 3.66. The van der Waals surface area contributed by atoms with Gasteiger partial charge in [0.15, 0.2) is 5.75 Å². The molecule has 0 aliphatic rings. The summed E-state index contributed by atoms with van der Waals surface area (Å²) >= 11 is 6.11. The van der Waals surface area contributed by atoms with Gasteiger partial charge in [-0.15, -0.1) is 0 Å². The number of benzene rings is 1. The first kappa shape index (κ1) is 17.1. The third kappa shape index (κ3) is 4.16. The fraction of sp³-hybridized carbons (Fsp3) is 0.375. The van der Waals surface area contributed by atoms with Gasteiger partial charge in [-0.05, 0) is 32.9 Å².